The number of imide groups is 1. The maximum atomic E-state index is 12.5. The van der Waals surface area contributed by atoms with Crippen molar-refractivity contribution in [2.45, 2.75) is 25.2 Å². The molecule has 3 heterocycles. The van der Waals surface area contributed by atoms with Gasteiger partial charge in [0, 0.05) is 0 Å². The van der Waals surface area contributed by atoms with E-state index in [2.05, 4.69) is 0 Å². The van der Waals surface area contributed by atoms with Gasteiger partial charge >= 0.3 is 5.97 Å². The second-order valence-electron chi connectivity index (χ2n) is 6.37. The summed E-state index contributed by atoms with van der Waals surface area (Å²) in [5.41, 5.74) is 0.441. The van der Waals surface area contributed by atoms with Crippen molar-refractivity contribution in [2.24, 2.45) is 11.8 Å². The number of fused-ring (bicyclic) bond motifs is 5. The molecule has 2 fully saturated rings. The summed E-state index contributed by atoms with van der Waals surface area (Å²) < 4.78 is 10.9. The lowest BCUT2D eigenvalue weighted by molar-refractivity contribution is -0.143. The van der Waals surface area contributed by atoms with Gasteiger partial charge in [-0.1, -0.05) is 30.4 Å². The van der Waals surface area contributed by atoms with Crippen LogP contribution in [0.15, 0.2) is 42.5 Å². The SMILES string of the molecule is CC(CN1C(=O)C2C3C=CC(O3)C2C1=O)OC(=O)c1ccccc1. The van der Waals surface area contributed by atoms with E-state index in [-0.39, 0.29) is 30.6 Å². The van der Waals surface area contributed by atoms with Gasteiger partial charge in [-0.25, -0.2) is 4.79 Å². The Labute approximate surface area is 139 Å². The fourth-order valence-corrected chi connectivity index (χ4v) is 3.66. The van der Waals surface area contributed by atoms with Gasteiger partial charge < -0.3 is 9.47 Å². The maximum absolute atomic E-state index is 12.5. The van der Waals surface area contributed by atoms with Crippen LogP contribution in [0.2, 0.25) is 0 Å². The average Bonchev–Trinajstić information content (AvgIpc) is 3.25. The third-order valence-electron chi connectivity index (χ3n) is 4.76. The van der Waals surface area contributed by atoms with Crippen LogP contribution in [0.5, 0.6) is 0 Å². The highest BCUT2D eigenvalue weighted by Crippen LogP contribution is 2.45. The molecule has 4 rings (SSSR count). The molecular weight excluding hydrogens is 310 g/mol. The average molecular weight is 327 g/mol. The van der Waals surface area contributed by atoms with E-state index in [0.29, 0.717) is 5.56 Å². The fraction of sp³-hybridized carbons (Fsp3) is 0.389. The van der Waals surface area contributed by atoms with Crippen LogP contribution in [0.3, 0.4) is 0 Å². The number of hydrogen-bond acceptors (Lipinski definition) is 5. The van der Waals surface area contributed by atoms with Crippen LogP contribution in [0.25, 0.3) is 0 Å². The standard InChI is InChI=1S/C18H17NO5/c1-10(23-18(22)11-5-3-2-4-6-11)9-19-16(20)14-12-7-8-13(24-12)15(14)17(19)21/h2-8,10,12-15H,9H2,1H3. The summed E-state index contributed by atoms with van der Waals surface area (Å²) in [6, 6.07) is 8.63. The van der Waals surface area contributed by atoms with Gasteiger partial charge in [-0.3, -0.25) is 14.5 Å². The monoisotopic (exact) mass is 327 g/mol. The molecule has 24 heavy (non-hydrogen) atoms. The molecule has 0 N–H and O–H groups in total. The van der Waals surface area contributed by atoms with E-state index < -0.39 is 23.9 Å². The Kier molecular flexibility index (Phi) is 3.49. The highest BCUT2D eigenvalue weighted by atomic mass is 16.5. The van der Waals surface area contributed by atoms with Gasteiger partial charge in [0.05, 0.1) is 36.2 Å². The van der Waals surface area contributed by atoms with Crippen molar-refractivity contribution in [3.05, 3.63) is 48.0 Å². The Bertz CT molecular complexity index is 698. The highest BCUT2D eigenvalue weighted by Gasteiger charge is 2.60. The van der Waals surface area contributed by atoms with Crippen molar-refractivity contribution in [2.75, 3.05) is 6.54 Å². The van der Waals surface area contributed by atoms with Gasteiger partial charge in [-0.05, 0) is 19.1 Å². The molecule has 5 atom stereocenters. The lowest BCUT2D eigenvalue weighted by Crippen LogP contribution is -2.40. The molecule has 0 radical (unpaired) electrons. The van der Waals surface area contributed by atoms with Crippen LogP contribution in [0.1, 0.15) is 17.3 Å². The van der Waals surface area contributed by atoms with Gasteiger partial charge in [0.1, 0.15) is 6.10 Å². The van der Waals surface area contributed by atoms with Crippen molar-refractivity contribution in [3.63, 3.8) is 0 Å². The lowest BCUT2D eigenvalue weighted by Gasteiger charge is -2.21. The quantitative estimate of drug-likeness (QED) is 0.471. The van der Waals surface area contributed by atoms with Crippen LogP contribution in [0.4, 0.5) is 0 Å². The summed E-state index contributed by atoms with van der Waals surface area (Å²) in [4.78, 5) is 38.3. The summed E-state index contributed by atoms with van der Waals surface area (Å²) in [5, 5.41) is 0. The van der Waals surface area contributed by atoms with Crippen LogP contribution < -0.4 is 0 Å². The predicted molar refractivity (Wildman–Crippen MR) is 82.8 cm³/mol. The number of ether oxygens (including phenoxy) is 2. The van der Waals surface area contributed by atoms with E-state index in [1.165, 1.54) is 4.90 Å². The first-order valence-electron chi connectivity index (χ1n) is 8.01. The van der Waals surface area contributed by atoms with Gasteiger partial charge in [0.15, 0.2) is 0 Å². The first kappa shape index (κ1) is 15.1. The zero-order valence-corrected chi connectivity index (χ0v) is 13.1. The molecule has 0 aromatic heterocycles. The van der Waals surface area contributed by atoms with Crippen molar-refractivity contribution < 1.29 is 23.9 Å². The first-order valence-corrected chi connectivity index (χ1v) is 8.01. The zero-order chi connectivity index (χ0) is 16.8. The normalized spacial score (nSPS) is 31.5. The smallest absolute Gasteiger partial charge is 0.338 e. The predicted octanol–water partition coefficient (Wildman–Crippen LogP) is 1.17. The topological polar surface area (TPSA) is 72.9 Å². The molecule has 5 unspecified atom stereocenters. The van der Waals surface area contributed by atoms with Gasteiger partial charge in [-0.2, -0.15) is 0 Å². The molecule has 3 aliphatic heterocycles. The maximum Gasteiger partial charge on any atom is 0.338 e. The van der Waals surface area contributed by atoms with E-state index in [1.54, 1.807) is 31.2 Å². The lowest BCUT2D eigenvalue weighted by atomic mass is 9.85. The number of likely N-dealkylation sites (tertiary alicyclic amines) is 1. The number of carbonyl (C=O) groups excluding carboxylic acids is 3. The zero-order valence-electron chi connectivity index (χ0n) is 13.1. The molecule has 0 aliphatic carbocycles. The Balaban J connectivity index is 1.42. The minimum atomic E-state index is -0.573. The summed E-state index contributed by atoms with van der Waals surface area (Å²) >= 11 is 0. The fourth-order valence-electron chi connectivity index (χ4n) is 3.66. The Morgan fingerprint density at radius 3 is 2.29 bits per heavy atom. The van der Waals surface area contributed by atoms with Crippen LogP contribution >= 0.6 is 0 Å². The molecule has 6 heteroatoms. The van der Waals surface area contributed by atoms with Crippen LogP contribution in [0, 0.1) is 11.8 Å². The number of benzene rings is 1. The number of hydrogen-bond donors (Lipinski definition) is 0. The third kappa shape index (κ3) is 2.26. The van der Waals surface area contributed by atoms with Crippen molar-refractivity contribution >= 4 is 17.8 Å². The molecule has 6 nitrogen and oxygen atoms in total. The molecule has 2 saturated heterocycles. The number of esters is 1. The van der Waals surface area contributed by atoms with Crippen molar-refractivity contribution in [1.29, 1.82) is 0 Å². The Hall–Kier alpha value is -2.47. The van der Waals surface area contributed by atoms with E-state index in [0.717, 1.165) is 0 Å². The summed E-state index contributed by atoms with van der Waals surface area (Å²) in [5.74, 6) is -1.78. The molecule has 0 spiro atoms. The molecule has 1 aromatic carbocycles. The first-order chi connectivity index (χ1) is 11.6. The number of amides is 2. The molecule has 2 amide bonds. The van der Waals surface area contributed by atoms with E-state index in [9.17, 15) is 14.4 Å². The number of carbonyl (C=O) groups is 3. The highest BCUT2D eigenvalue weighted by molar-refractivity contribution is 6.06. The number of rotatable bonds is 4. The van der Waals surface area contributed by atoms with Crippen LogP contribution in [-0.4, -0.2) is 47.5 Å². The van der Waals surface area contributed by atoms with E-state index in [1.807, 2.05) is 18.2 Å². The second kappa shape index (κ2) is 5.56. The summed E-state index contributed by atoms with van der Waals surface area (Å²) in [7, 11) is 0. The van der Waals surface area contributed by atoms with E-state index >= 15 is 0 Å². The van der Waals surface area contributed by atoms with Crippen LogP contribution in [-0.2, 0) is 19.1 Å². The minimum absolute atomic E-state index is 0.0721. The van der Waals surface area contributed by atoms with Gasteiger partial charge in [0.2, 0.25) is 11.8 Å². The Morgan fingerprint density at radius 2 is 1.71 bits per heavy atom. The molecule has 2 bridgehead atoms. The summed E-state index contributed by atoms with van der Waals surface area (Å²) in [6.07, 6.45) is 2.52. The molecular formula is C18H17NO5. The van der Waals surface area contributed by atoms with Crippen molar-refractivity contribution in [1.82, 2.24) is 4.90 Å². The van der Waals surface area contributed by atoms with Gasteiger partial charge in [-0.15, -0.1) is 0 Å². The third-order valence-corrected chi connectivity index (χ3v) is 4.76. The Morgan fingerprint density at radius 1 is 1.12 bits per heavy atom. The molecule has 3 aliphatic rings. The number of nitrogens with zero attached hydrogens (tertiary/aromatic N) is 1. The largest absolute Gasteiger partial charge is 0.457 e. The minimum Gasteiger partial charge on any atom is -0.457 e. The molecule has 124 valence electrons. The molecule has 0 saturated carbocycles. The second-order valence-corrected chi connectivity index (χ2v) is 6.37. The van der Waals surface area contributed by atoms with E-state index in [4.69, 9.17) is 9.47 Å². The molecule has 1 aromatic rings. The van der Waals surface area contributed by atoms with Gasteiger partial charge in [0.25, 0.3) is 0 Å². The van der Waals surface area contributed by atoms with Crippen molar-refractivity contribution in [3.8, 4) is 0 Å². The summed E-state index contributed by atoms with van der Waals surface area (Å²) in [6.45, 7) is 1.75.